The van der Waals surface area contributed by atoms with Crippen LogP contribution in [0.3, 0.4) is 0 Å². The molecule has 0 aliphatic heterocycles. The Kier molecular flexibility index (Phi) is 6.67. The summed E-state index contributed by atoms with van der Waals surface area (Å²) < 4.78 is 36.0. The number of hydrogen-bond acceptors (Lipinski definition) is 1. The van der Waals surface area contributed by atoms with Crippen LogP contribution in [0.5, 0.6) is 0 Å². The van der Waals surface area contributed by atoms with E-state index in [9.17, 15) is 13.2 Å². The van der Waals surface area contributed by atoms with Gasteiger partial charge in [0.2, 0.25) is 0 Å². The average Bonchev–Trinajstić information content (AvgIpc) is 2.29. The molecule has 0 aliphatic rings. The van der Waals surface area contributed by atoms with Gasteiger partial charge in [0.25, 0.3) is 0 Å². The fourth-order valence-corrected chi connectivity index (χ4v) is 2.71. The predicted octanol–water partition coefficient (Wildman–Crippen LogP) is 5.38. The Morgan fingerprint density at radius 2 is 1.89 bits per heavy atom. The third-order valence-electron chi connectivity index (χ3n) is 2.48. The number of alkyl halides is 4. The number of thioether (sulfide) groups is 1. The highest BCUT2D eigenvalue weighted by Gasteiger charge is 2.28. The SMILES string of the molecule is FC(F)(F)SCCC(CCl)Cc1ccccc1Cl. The van der Waals surface area contributed by atoms with Crippen LogP contribution in [-0.4, -0.2) is 17.1 Å². The summed E-state index contributed by atoms with van der Waals surface area (Å²) in [5, 5.41) is 0.635. The summed E-state index contributed by atoms with van der Waals surface area (Å²) in [6.45, 7) is 0. The molecule has 0 saturated heterocycles. The predicted molar refractivity (Wildman–Crippen MR) is 72.5 cm³/mol. The van der Waals surface area contributed by atoms with Gasteiger partial charge in [0, 0.05) is 16.7 Å². The Morgan fingerprint density at radius 1 is 1.22 bits per heavy atom. The second-order valence-corrected chi connectivity index (χ2v) is 5.77. The Bertz CT molecular complexity index is 369. The number of rotatable bonds is 6. The van der Waals surface area contributed by atoms with E-state index in [0.717, 1.165) is 5.56 Å². The van der Waals surface area contributed by atoms with E-state index in [1.807, 2.05) is 18.2 Å². The highest BCUT2D eigenvalue weighted by atomic mass is 35.5. The largest absolute Gasteiger partial charge is 0.441 e. The molecule has 1 unspecified atom stereocenters. The van der Waals surface area contributed by atoms with Crippen LogP contribution >= 0.6 is 35.0 Å². The molecule has 0 fully saturated rings. The highest BCUT2D eigenvalue weighted by molar-refractivity contribution is 8.00. The second kappa shape index (κ2) is 7.51. The van der Waals surface area contributed by atoms with E-state index >= 15 is 0 Å². The lowest BCUT2D eigenvalue weighted by Gasteiger charge is -2.15. The lowest BCUT2D eigenvalue weighted by Crippen LogP contribution is -2.10. The zero-order valence-electron chi connectivity index (χ0n) is 9.51. The first-order valence-electron chi connectivity index (χ1n) is 5.42. The molecular weight excluding hydrogens is 304 g/mol. The van der Waals surface area contributed by atoms with E-state index in [1.54, 1.807) is 6.07 Å². The highest BCUT2D eigenvalue weighted by Crippen LogP contribution is 2.32. The van der Waals surface area contributed by atoms with Crippen LogP contribution in [-0.2, 0) is 6.42 Å². The topological polar surface area (TPSA) is 0 Å². The first-order chi connectivity index (χ1) is 8.42. The van der Waals surface area contributed by atoms with Gasteiger partial charge in [0.1, 0.15) is 0 Å². The molecule has 0 N–H and O–H groups in total. The molecule has 0 amide bonds. The van der Waals surface area contributed by atoms with Crippen molar-refractivity contribution in [1.29, 1.82) is 0 Å². The van der Waals surface area contributed by atoms with Gasteiger partial charge in [0.05, 0.1) is 0 Å². The molecule has 0 aliphatic carbocycles. The summed E-state index contributed by atoms with van der Waals surface area (Å²) in [4.78, 5) is 0. The van der Waals surface area contributed by atoms with Crippen LogP contribution in [0.15, 0.2) is 24.3 Å². The molecule has 1 aromatic rings. The molecule has 102 valence electrons. The lowest BCUT2D eigenvalue weighted by atomic mass is 9.99. The van der Waals surface area contributed by atoms with Crippen LogP contribution in [0.4, 0.5) is 13.2 Å². The quantitative estimate of drug-likeness (QED) is 0.635. The molecule has 1 rings (SSSR count). The van der Waals surface area contributed by atoms with Crippen LogP contribution in [0.25, 0.3) is 0 Å². The molecule has 0 spiro atoms. The zero-order valence-corrected chi connectivity index (χ0v) is 11.8. The summed E-state index contributed by atoms with van der Waals surface area (Å²) in [5.41, 5.74) is -3.23. The van der Waals surface area contributed by atoms with Crippen molar-refractivity contribution >= 4 is 35.0 Å². The number of benzene rings is 1. The van der Waals surface area contributed by atoms with Crippen molar-refractivity contribution in [2.75, 3.05) is 11.6 Å². The first kappa shape index (κ1) is 16.0. The molecule has 6 heteroatoms. The zero-order chi connectivity index (χ0) is 13.6. The maximum atomic E-state index is 12.0. The molecule has 0 radical (unpaired) electrons. The number of halogens is 5. The van der Waals surface area contributed by atoms with Crippen molar-refractivity contribution in [3.63, 3.8) is 0 Å². The minimum absolute atomic E-state index is 0.000400. The summed E-state index contributed by atoms with van der Waals surface area (Å²) in [5.74, 6) is 0.385. The van der Waals surface area contributed by atoms with Gasteiger partial charge in [-0.05, 0) is 30.4 Å². The Balaban J connectivity index is 2.45. The van der Waals surface area contributed by atoms with Crippen molar-refractivity contribution in [1.82, 2.24) is 0 Å². The lowest BCUT2D eigenvalue weighted by molar-refractivity contribution is -0.0328. The fourth-order valence-electron chi connectivity index (χ4n) is 1.55. The molecular formula is C12H13Cl2F3S. The van der Waals surface area contributed by atoms with E-state index in [2.05, 4.69) is 0 Å². The van der Waals surface area contributed by atoms with Gasteiger partial charge < -0.3 is 0 Å². The van der Waals surface area contributed by atoms with E-state index < -0.39 is 5.51 Å². The monoisotopic (exact) mass is 316 g/mol. The Hall–Kier alpha value is -0.0600. The molecule has 1 aromatic carbocycles. The Morgan fingerprint density at radius 3 is 2.44 bits per heavy atom. The average molecular weight is 317 g/mol. The smallest absolute Gasteiger partial charge is 0.160 e. The molecule has 0 saturated carbocycles. The third kappa shape index (κ3) is 6.21. The van der Waals surface area contributed by atoms with Gasteiger partial charge in [-0.15, -0.1) is 11.6 Å². The standard InChI is InChI=1S/C12H13Cl2F3S/c13-8-9(5-6-18-12(15,16)17)7-10-3-1-2-4-11(10)14/h1-4,9H,5-8H2. The van der Waals surface area contributed by atoms with E-state index in [1.165, 1.54) is 0 Å². The van der Waals surface area contributed by atoms with Gasteiger partial charge in [-0.1, -0.05) is 41.6 Å². The van der Waals surface area contributed by atoms with Gasteiger partial charge in [0.15, 0.2) is 0 Å². The Labute approximate surface area is 119 Å². The maximum Gasteiger partial charge on any atom is 0.441 e. The van der Waals surface area contributed by atoms with Crippen LogP contribution < -0.4 is 0 Å². The minimum atomic E-state index is -4.17. The van der Waals surface area contributed by atoms with Gasteiger partial charge in [-0.2, -0.15) is 13.2 Å². The second-order valence-electron chi connectivity index (χ2n) is 3.90. The third-order valence-corrected chi connectivity index (χ3v) is 4.05. The van der Waals surface area contributed by atoms with Crippen LogP contribution in [0, 0.1) is 5.92 Å². The fraction of sp³-hybridized carbons (Fsp3) is 0.500. The van der Waals surface area contributed by atoms with E-state index in [-0.39, 0.29) is 23.4 Å². The summed E-state index contributed by atoms with van der Waals surface area (Å²) in [7, 11) is 0. The summed E-state index contributed by atoms with van der Waals surface area (Å²) in [6.07, 6.45) is 1.04. The van der Waals surface area contributed by atoms with E-state index in [4.69, 9.17) is 23.2 Å². The molecule has 1 atom stereocenters. The molecule has 0 bridgehead atoms. The maximum absolute atomic E-state index is 12.0. The van der Waals surface area contributed by atoms with Crippen molar-refractivity contribution in [3.05, 3.63) is 34.9 Å². The first-order valence-corrected chi connectivity index (χ1v) is 7.32. The van der Waals surface area contributed by atoms with Crippen LogP contribution in [0.2, 0.25) is 5.02 Å². The van der Waals surface area contributed by atoms with Gasteiger partial charge in [-0.25, -0.2) is 0 Å². The van der Waals surface area contributed by atoms with Crippen LogP contribution in [0.1, 0.15) is 12.0 Å². The van der Waals surface area contributed by atoms with E-state index in [0.29, 0.717) is 23.7 Å². The van der Waals surface area contributed by atoms with Crippen molar-refractivity contribution in [2.24, 2.45) is 5.92 Å². The van der Waals surface area contributed by atoms with Gasteiger partial charge in [-0.3, -0.25) is 0 Å². The van der Waals surface area contributed by atoms with Gasteiger partial charge >= 0.3 is 5.51 Å². The van der Waals surface area contributed by atoms with Crippen molar-refractivity contribution < 1.29 is 13.2 Å². The molecule has 0 heterocycles. The summed E-state index contributed by atoms with van der Waals surface area (Å²) >= 11 is 11.8. The molecule has 0 aromatic heterocycles. The van der Waals surface area contributed by atoms with Crippen molar-refractivity contribution in [2.45, 2.75) is 18.3 Å². The van der Waals surface area contributed by atoms with Crippen molar-refractivity contribution in [3.8, 4) is 0 Å². The molecule has 18 heavy (non-hydrogen) atoms. The minimum Gasteiger partial charge on any atom is -0.160 e. The number of hydrogen-bond donors (Lipinski definition) is 0. The molecule has 0 nitrogen and oxygen atoms in total. The normalized spacial score (nSPS) is 13.6. The summed E-state index contributed by atoms with van der Waals surface area (Å²) in [6, 6.07) is 7.32.